The second-order valence-corrected chi connectivity index (χ2v) is 6.68. The van der Waals surface area contributed by atoms with Crippen molar-refractivity contribution in [3.8, 4) is 5.75 Å². The summed E-state index contributed by atoms with van der Waals surface area (Å²) in [6.07, 6.45) is 0. The quantitative estimate of drug-likeness (QED) is 0.234. The zero-order chi connectivity index (χ0) is 21.0. The molecule has 0 unspecified atom stereocenters. The van der Waals surface area contributed by atoms with E-state index in [9.17, 15) is 24.2 Å². The van der Waals surface area contributed by atoms with Crippen LogP contribution in [0.2, 0.25) is 0 Å². The molecule has 7 nitrogen and oxygen atoms in total. The Morgan fingerprint density at radius 3 is 2.48 bits per heavy atom. The van der Waals surface area contributed by atoms with Crippen LogP contribution in [0.5, 0.6) is 5.75 Å². The van der Waals surface area contributed by atoms with E-state index < -0.39 is 29.3 Å². The molecular formula is C21H22FN2O5+. The molecule has 29 heavy (non-hydrogen) atoms. The zero-order valence-electron chi connectivity index (χ0n) is 15.6. The number of ketones is 1. The van der Waals surface area contributed by atoms with Crippen molar-refractivity contribution >= 4 is 17.4 Å². The van der Waals surface area contributed by atoms with Crippen LogP contribution in [-0.4, -0.2) is 58.2 Å². The number of nitrogens with two attached hydrogens (primary N) is 1. The van der Waals surface area contributed by atoms with Crippen molar-refractivity contribution < 1.29 is 34.6 Å². The number of aromatic hydroxyl groups is 1. The highest BCUT2D eigenvalue weighted by molar-refractivity contribution is 6.46. The Morgan fingerprint density at radius 2 is 1.83 bits per heavy atom. The van der Waals surface area contributed by atoms with E-state index in [-0.39, 0.29) is 30.0 Å². The second kappa shape index (κ2) is 8.85. The Hall–Kier alpha value is -3.23. The Balaban J connectivity index is 2.07. The number of carbonyl (C=O) groups excluding carboxylic acids is 2. The monoisotopic (exact) mass is 401 g/mol. The molecule has 1 aliphatic heterocycles. The fourth-order valence-electron chi connectivity index (χ4n) is 3.38. The van der Waals surface area contributed by atoms with Crippen LogP contribution in [0.25, 0.3) is 5.76 Å². The summed E-state index contributed by atoms with van der Waals surface area (Å²) in [5.41, 5.74) is 0.561. The predicted octanol–water partition coefficient (Wildman–Crippen LogP) is 0.509. The van der Waals surface area contributed by atoms with E-state index in [1.54, 1.807) is 17.4 Å². The molecule has 1 fully saturated rings. The van der Waals surface area contributed by atoms with E-state index in [0.717, 1.165) is 12.1 Å². The number of likely N-dealkylation sites (tertiary alicyclic amines) is 1. The molecule has 0 aliphatic carbocycles. The Morgan fingerprint density at radius 1 is 1.10 bits per heavy atom. The number of amides is 1. The minimum absolute atomic E-state index is 0.0145. The molecule has 0 spiro atoms. The molecule has 5 N–H and O–H groups in total. The molecule has 1 amide bonds. The molecule has 152 valence electrons. The minimum Gasteiger partial charge on any atom is -0.508 e. The van der Waals surface area contributed by atoms with Gasteiger partial charge in [-0.05, 0) is 42.0 Å². The van der Waals surface area contributed by atoms with E-state index >= 15 is 0 Å². The van der Waals surface area contributed by atoms with Gasteiger partial charge in [0.2, 0.25) is 0 Å². The zero-order valence-corrected chi connectivity index (χ0v) is 15.6. The van der Waals surface area contributed by atoms with Crippen molar-refractivity contribution in [3.63, 3.8) is 0 Å². The largest absolute Gasteiger partial charge is 0.508 e. The molecule has 0 aromatic heterocycles. The van der Waals surface area contributed by atoms with Gasteiger partial charge >= 0.3 is 0 Å². The summed E-state index contributed by atoms with van der Waals surface area (Å²) in [5, 5.41) is 31.4. The lowest BCUT2D eigenvalue weighted by molar-refractivity contribution is -0.655. The summed E-state index contributed by atoms with van der Waals surface area (Å²) in [7, 11) is 0. The van der Waals surface area contributed by atoms with Gasteiger partial charge in [0.25, 0.3) is 11.7 Å². The first kappa shape index (κ1) is 20.5. The molecule has 2 aromatic carbocycles. The molecule has 3 rings (SSSR count). The number of phenols is 1. The van der Waals surface area contributed by atoms with Gasteiger partial charge in [0.05, 0.1) is 37.9 Å². The van der Waals surface area contributed by atoms with Crippen LogP contribution in [0.15, 0.2) is 54.1 Å². The molecule has 0 bridgehead atoms. The number of nitrogens with zero attached hydrogens (tertiary/aromatic N) is 1. The third-order valence-corrected chi connectivity index (χ3v) is 4.75. The molecule has 1 heterocycles. The standard InChI is InChI=1S/C21H21FN2O5/c22-15-6-4-13(5-7-15)19(27)17-18(14-2-1-3-16(26)12-14)24(21(29)20(17)28)10-8-23-9-11-25/h1-7,12,18,23,25-27H,8-11H2/p+1/t18-/m1/s1. The van der Waals surface area contributed by atoms with Gasteiger partial charge in [-0.3, -0.25) is 9.59 Å². The average molecular weight is 401 g/mol. The van der Waals surface area contributed by atoms with Gasteiger partial charge in [-0.15, -0.1) is 0 Å². The fraction of sp³-hybridized carbons (Fsp3) is 0.238. The normalized spacial score (nSPS) is 18.4. The lowest BCUT2D eigenvalue weighted by Crippen LogP contribution is -2.86. The third-order valence-electron chi connectivity index (χ3n) is 4.75. The molecule has 8 heteroatoms. The Kier molecular flexibility index (Phi) is 6.26. The maximum absolute atomic E-state index is 13.2. The van der Waals surface area contributed by atoms with Crippen LogP contribution >= 0.6 is 0 Å². The predicted molar refractivity (Wildman–Crippen MR) is 102 cm³/mol. The summed E-state index contributed by atoms with van der Waals surface area (Å²) in [4.78, 5) is 26.8. The van der Waals surface area contributed by atoms with Gasteiger partial charge in [0, 0.05) is 5.56 Å². The second-order valence-electron chi connectivity index (χ2n) is 6.68. The third kappa shape index (κ3) is 4.28. The van der Waals surface area contributed by atoms with Crippen LogP contribution in [-0.2, 0) is 9.59 Å². The molecule has 1 aliphatic rings. The summed E-state index contributed by atoms with van der Waals surface area (Å²) < 4.78 is 13.2. The number of aliphatic hydroxyl groups is 2. The average Bonchev–Trinajstić information content (AvgIpc) is 2.96. The maximum Gasteiger partial charge on any atom is 0.295 e. The summed E-state index contributed by atoms with van der Waals surface area (Å²) in [6.45, 7) is 1.08. The number of halogens is 1. The van der Waals surface area contributed by atoms with Gasteiger partial charge in [0.1, 0.15) is 17.3 Å². The van der Waals surface area contributed by atoms with Crippen molar-refractivity contribution in [2.75, 3.05) is 26.2 Å². The minimum atomic E-state index is -0.894. The molecular weight excluding hydrogens is 379 g/mol. The fourth-order valence-corrected chi connectivity index (χ4v) is 3.38. The van der Waals surface area contributed by atoms with Crippen molar-refractivity contribution in [2.45, 2.75) is 6.04 Å². The molecule has 2 aromatic rings. The van der Waals surface area contributed by atoms with Gasteiger partial charge in [-0.1, -0.05) is 12.1 Å². The Bertz CT molecular complexity index is 942. The molecule has 1 atom stereocenters. The number of quaternary nitrogens is 1. The number of aliphatic hydroxyl groups excluding tert-OH is 2. The lowest BCUT2D eigenvalue weighted by atomic mass is 9.95. The van der Waals surface area contributed by atoms with Crippen LogP contribution < -0.4 is 5.32 Å². The highest BCUT2D eigenvalue weighted by Crippen LogP contribution is 2.39. The SMILES string of the molecule is O=C1C(=O)N(CC[NH2+]CCO)[C@H](c2cccc(O)c2)C1=C(O)c1ccc(F)cc1. The van der Waals surface area contributed by atoms with E-state index in [2.05, 4.69) is 0 Å². The van der Waals surface area contributed by atoms with Crippen LogP contribution in [0, 0.1) is 5.82 Å². The molecule has 0 radical (unpaired) electrons. The number of phenolic OH excluding ortho intramolecular Hbond substituents is 1. The van der Waals surface area contributed by atoms with Gasteiger partial charge in [-0.2, -0.15) is 0 Å². The van der Waals surface area contributed by atoms with Gasteiger partial charge in [-0.25, -0.2) is 4.39 Å². The first-order valence-corrected chi connectivity index (χ1v) is 9.20. The summed E-state index contributed by atoms with van der Waals surface area (Å²) in [5.74, 6) is -2.55. The summed E-state index contributed by atoms with van der Waals surface area (Å²) >= 11 is 0. The van der Waals surface area contributed by atoms with Gasteiger partial charge in [0.15, 0.2) is 0 Å². The number of benzene rings is 2. The first-order valence-electron chi connectivity index (χ1n) is 9.20. The smallest absolute Gasteiger partial charge is 0.295 e. The highest BCUT2D eigenvalue weighted by Gasteiger charge is 2.46. The van der Waals surface area contributed by atoms with E-state index in [1.165, 1.54) is 29.2 Å². The first-order chi connectivity index (χ1) is 13.9. The topological polar surface area (TPSA) is 115 Å². The number of hydrogen-bond acceptors (Lipinski definition) is 5. The number of carbonyl (C=O) groups is 2. The highest BCUT2D eigenvalue weighted by atomic mass is 19.1. The van der Waals surface area contributed by atoms with Crippen LogP contribution in [0.1, 0.15) is 17.2 Å². The van der Waals surface area contributed by atoms with E-state index in [0.29, 0.717) is 18.7 Å². The molecule has 1 saturated heterocycles. The Labute approximate surface area is 166 Å². The molecule has 0 saturated carbocycles. The number of hydrogen-bond donors (Lipinski definition) is 4. The van der Waals surface area contributed by atoms with Crippen molar-refractivity contribution in [1.29, 1.82) is 0 Å². The van der Waals surface area contributed by atoms with E-state index in [1.807, 2.05) is 0 Å². The van der Waals surface area contributed by atoms with Crippen molar-refractivity contribution in [2.24, 2.45) is 0 Å². The van der Waals surface area contributed by atoms with Gasteiger partial charge < -0.3 is 25.5 Å². The van der Waals surface area contributed by atoms with E-state index in [4.69, 9.17) is 5.11 Å². The van der Waals surface area contributed by atoms with Crippen molar-refractivity contribution in [3.05, 3.63) is 71.0 Å². The lowest BCUT2D eigenvalue weighted by Gasteiger charge is -2.24. The maximum atomic E-state index is 13.2. The van der Waals surface area contributed by atoms with Crippen LogP contribution in [0.4, 0.5) is 4.39 Å². The van der Waals surface area contributed by atoms with Crippen molar-refractivity contribution in [1.82, 2.24) is 4.90 Å². The summed E-state index contributed by atoms with van der Waals surface area (Å²) in [6, 6.07) is 10.2. The number of Topliss-reactive ketones (excluding diaryl/α,β-unsaturated/α-hetero) is 1. The number of rotatable bonds is 7. The van der Waals surface area contributed by atoms with Crippen LogP contribution in [0.3, 0.4) is 0 Å².